The van der Waals surface area contributed by atoms with Crippen LogP contribution in [0, 0.1) is 0 Å². The van der Waals surface area contributed by atoms with Crippen LogP contribution in [-0.4, -0.2) is 95.9 Å². The van der Waals surface area contributed by atoms with Gasteiger partial charge < -0.3 is 34.2 Å². The summed E-state index contributed by atoms with van der Waals surface area (Å²) >= 11 is 0. The number of hydrogen-bond donors (Lipinski definition) is 2. The van der Waals surface area contributed by atoms with Gasteiger partial charge in [-0.3, -0.25) is 14.2 Å². The van der Waals surface area contributed by atoms with Gasteiger partial charge in [-0.25, -0.2) is 14.8 Å². The zero-order valence-electron chi connectivity index (χ0n) is 27.8. The van der Waals surface area contributed by atoms with Crippen LogP contribution in [-0.2, 0) is 29.7 Å². The molecule has 0 saturated carbocycles. The Kier molecular flexibility index (Phi) is 13.9. The first-order valence-electron chi connectivity index (χ1n) is 16.4. The molecule has 3 aromatic rings. The predicted molar refractivity (Wildman–Crippen MR) is 183 cm³/mol. The normalized spacial score (nSPS) is 13.9. The third kappa shape index (κ3) is 10.6. The molecule has 2 N–H and O–H groups in total. The summed E-state index contributed by atoms with van der Waals surface area (Å²) in [6.07, 6.45) is 0.875. The number of unbranched alkanes of at least 4 members (excludes halogenated alkanes) is 1. The van der Waals surface area contributed by atoms with Crippen molar-refractivity contribution in [1.82, 2.24) is 25.1 Å². The molecule has 1 fully saturated rings. The molecule has 0 radical (unpaired) electrons. The average Bonchev–Trinajstić information content (AvgIpc) is 3.11. The molecule has 2 heterocycles. The monoisotopic (exact) mass is 680 g/mol. The molecule has 1 aliphatic rings. The number of nitrogens with zero attached hydrogens (tertiary/aromatic N) is 4. The predicted octanol–water partition coefficient (Wildman–Crippen LogP) is 5.20. The highest BCUT2D eigenvalue weighted by molar-refractivity contribution is 7.54. The van der Waals surface area contributed by atoms with Gasteiger partial charge in [-0.1, -0.05) is 74.0 Å². The fraction of sp³-hybridized carbons (Fsp3) is 0.441. The van der Waals surface area contributed by atoms with Gasteiger partial charge in [0.1, 0.15) is 17.6 Å². The average molecular weight is 681 g/mol. The highest BCUT2D eigenvalue weighted by Gasteiger charge is 2.37. The highest BCUT2D eigenvalue weighted by atomic mass is 31.2. The Morgan fingerprint density at radius 3 is 2.12 bits per heavy atom. The van der Waals surface area contributed by atoms with Gasteiger partial charge >= 0.3 is 13.7 Å². The summed E-state index contributed by atoms with van der Waals surface area (Å²) in [5, 5.41) is 6.03. The van der Waals surface area contributed by atoms with E-state index < -0.39 is 31.5 Å². The van der Waals surface area contributed by atoms with Crippen molar-refractivity contribution in [3.63, 3.8) is 0 Å². The number of anilines is 1. The largest absolute Gasteiger partial charge is 0.449 e. The van der Waals surface area contributed by atoms with E-state index in [1.807, 2.05) is 67.6 Å². The van der Waals surface area contributed by atoms with E-state index in [0.717, 1.165) is 18.4 Å². The standard InChI is InChI=1S/C34H45N6O7P/c1-4-7-22-45-34(43)40-20-18-39(19-21-40)33(42)29(25-48(44,46-5-2)47-6-3)37-32(41)28-23-30(35-24-26-14-10-8-11-15-26)38-31(36-28)27-16-12-9-13-17-27/h8-17,23,29H,4-7,18-22,24-25H2,1-3H3,(H,37,41)(H,35,36,38)/t29-/m0/s1. The fourth-order valence-corrected chi connectivity index (χ4v) is 6.83. The van der Waals surface area contributed by atoms with Gasteiger partial charge in [0.05, 0.1) is 26.0 Å². The lowest BCUT2D eigenvalue weighted by Crippen LogP contribution is -2.57. The van der Waals surface area contributed by atoms with E-state index in [1.165, 1.54) is 11.0 Å². The zero-order chi connectivity index (χ0) is 34.4. The number of rotatable bonds is 16. The highest BCUT2D eigenvalue weighted by Crippen LogP contribution is 2.48. The van der Waals surface area contributed by atoms with Gasteiger partial charge in [0.25, 0.3) is 5.91 Å². The van der Waals surface area contributed by atoms with Crippen molar-refractivity contribution in [3.05, 3.63) is 78.0 Å². The summed E-state index contributed by atoms with van der Waals surface area (Å²) in [4.78, 5) is 52.5. The molecule has 0 spiro atoms. The van der Waals surface area contributed by atoms with Crippen LogP contribution < -0.4 is 10.6 Å². The van der Waals surface area contributed by atoms with E-state index >= 15 is 0 Å². The zero-order valence-corrected chi connectivity index (χ0v) is 28.7. The second kappa shape index (κ2) is 18.3. The van der Waals surface area contributed by atoms with Crippen LogP contribution in [0.25, 0.3) is 11.4 Å². The lowest BCUT2D eigenvalue weighted by Gasteiger charge is -2.36. The number of ether oxygens (including phenoxy) is 1. The maximum atomic E-state index is 14.0. The van der Waals surface area contributed by atoms with Gasteiger partial charge in [0.2, 0.25) is 5.91 Å². The molecular formula is C34H45N6O7P. The SMILES string of the molecule is CCCCOC(=O)N1CCN(C(=O)[C@H](CP(=O)(OCC)OCC)NC(=O)c2cc(NCc3ccccc3)nc(-c3ccccc3)n2)CC1. The fourth-order valence-electron chi connectivity index (χ4n) is 5.06. The minimum absolute atomic E-state index is 0.0134. The number of carbonyl (C=O) groups is 3. The number of aromatic nitrogens is 2. The molecule has 13 nitrogen and oxygen atoms in total. The summed E-state index contributed by atoms with van der Waals surface area (Å²) in [6, 6.07) is 19.2. The summed E-state index contributed by atoms with van der Waals surface area (Å²) in [7, 11) is -3.78. The topological polar surface area (TPSA) is 152 Å². The third-order valence-corrected chi connectivity index (χ3v) is 9.66. The Hall–Kier alpha value is -4.32. The van der Waals surface area contributed by atoms with E-state index in [2.05, 4.69) is 20.6 Å². The van der Waals surface area contributed by atoms with Gasteiger partial charge in [0, 0.05) is 44.4 Å². The van der Waals surface area contributed by atoms with Crippen LogP contribution in [0.5, 0.6) is 0 Å². The Bertz CT molecular complexity index is 1530. The minimum atomic E-state index is -3.78. The van der Waals surface area contributed by atoms with E-state index in [0.29, 0.717) is 30.4 Å². The second-order valence-electron chi connectivity index (χ2n) is 11.1. The molecule has 1 aromatic heterocycles. The van der Waals surface area contributed by atoms with Crippen molar-refractivity contribution in [2.45, 2.75) is 46.2 Å². The number of hydrogen-bond acceptors (Lipinski definition) is 10. The molecule has 3 amide bonds. The minimum Gasteiger partial charge on any atom is -0.449 e. The van der Waals surface area contributed by atoms with Crippen molar-refractivity contribution < 1.29 is 32.7 Å². The van der Waals surface area contributed by atoms with Crippen molar-refractivity contribution in [3.8, 4) is 11.4 Å². The first kappa shape index (κ1) is 36.5. The maximum absolute atomic E-state index is 14.0. The van der Waals surface area contributed by atoms with E-state index in [-0.39, 0.29) is 51.2 Å². The molecule has 4 rings (SSSR count). The van der Waals surface area contributed by atoms with Gasteiger partial charge in [-0.15, -0.1) is 0 Å². The molecule has 0 aliphatic carbocycles. The Labute approximate surface area is 281 Å². The van der Waals surface area contributed by atoms with Crippen molar-refractivity contribution in [2.75, 3.05) is 57.5 Å². The van der Waals surface area contributed by atoms with Gasteiger partial charge in [-0.05, 0) is 25.8 Å². The van der Waals surface area contributed by atoms with Crippen LogP contribution in [0.15, 0.2) is 66.7 Å². The quantitative estimate of drug-likeness (QED) is 0.153. The molecule has 48 heavy (non-hydrogen) atoms. The molecule has 1 atom stereocenters. The van der Waals surface area contributed by atoms with Crippen LogP contribution >= 0.6 is 7.60 Å². The summed E-state index contributed by atoms with van der Waals surface area (Å²) < 4.78 is 29.9. The molecule has 0 bridgehead atoms. The van der Waals surface area contributed by atoms with Crippen molar-refractivity contribution in [1.29, 1.82) is 0 Å². The third-order valence-electron chi connectivity index (χ3n) is 7.54. The van der Waals surface area contributed by atoms with E-state index in [4.69, 9.17) is 13.8 Å². The van der Waals surface area contributed by atoms with Crippen molar-refractivity contribution in [2.24, 2.45) is 0 Å². The lowest BCUT2D eigenvalue weighted by molar-refractivity contribution is -0.134. The molecule has 1 saturated heterocycles. The van der Waals surface area contributed by atoms with Gasteiger partial charge in [0.15, 0.2) is 5.82 Å². The summed E-state index contributed by atoms with van der Waals surface area (Å²) in [5.74, 6) is -0.398. The van der Waals surface area contributed by atoms with Gasteiger partial charge in [-0.2, -0.15) is 0 Å². The van der Waals surface area contributed by atoms with E-state index in [9.17, 15) is 18.9 Å². The Morgan fingerprint density at radius 1 is 0.875 bits per heavy atom. The maximum Gasteiger partial charge on any atom is 0.409 e. The van der Waals surface area contributed by atoms with Crippen LogP contribution in [0.4, 0.5) is 10.6 Å². The number of piperazine rings is 1. The second-order valence-corrected chi connectivity index (χ2v) is 13.2. The number of nitrogens with one attached hydrogen (secondary N) is 2. The van der Waals surface area contributed by atoms with Crippen LogP contribution in [0.1, 0.15) is 49.7 Å². The Balaban J connectivity index is 1.57. The van der Waals surface area contributed by atoms with Crippen molar-refractivity contribution >= 4 is 31.3 Å². The molecular weight excluding hydrogens is 635 g/mol. The number of carbonyl (C=O) groups excluding carboxylic acids is 3. The molecule has 258 valence electrons. The molecule has 14 heteroatoms. The summed E-state index contributed by atoms with van der Waals surface area (Å²) in [5.41, 5.74) is 1.73. The lowest BCUT2D eigenvalue weighted by atomic mass is 10.2. The smallest absolute Gasteiger partial charge is 0.409 e. The number of amides is 3. The molecule has 1 aliphatic heterocycles. The molecule has 2 aromatic carbocycles. The van der Waals surface area contributed by atoms with Crippen LogP contribution in [0.3, 0.4) is 0 Å². The van der Waals surface area contributed by atoms with Crippen LogP contribution in [0.2, 0.25) is 0 Å². The molecule has 0 unspecified atom stereocenters. The first-order chi connectivity index (χ1) is 23.2. The van der Waals surface area contributed by atoms with E-state index in [1.54, 1.807) is 18.7 Å². The summed E-state index contributed by atoms with van der Waals surface area (Å²) in [6.45, 7) is 7.28. The Morgan fingerprint density at radius 2 is 1.50 bits per heavy atom. The number of benzene rings is 2. The first-order valence-corrected chi connectivity index (χ1v) is 18.1.